The number of benzene rings is 2. The van der Waals surface area contributed by atoms with Gasteiger partial charge < -0.3 is 30.6 Å². The van der Waals surface area contributed by atoms with Gasteiger partial charge in [0.15, 0.2) is 0 Å². The number of carbonyl (C=O) groups excluding carboxylic acids is 3. The SMILES string of the molecule is CCOc1cccc(C(=O)OC(=O)C[C@@H](N)NC(=O)OCc2ccccc2)c1Nc1ncccn1. The molecule has 182 valence electrons. The first-order valence-electron chi connectivity index (χ1n) is 10.7. The molecule has 0 unspecified atom stereocenters. The highest BCUT2D eigenvalue weighted by Gasteiger charge is 2.22. The van der Waals surface area contributed by atoms with Crippen molar-refractivity contribution in [3.63, 3.8) is 0 Å². The number of hydrogen-bond acceptors (Lipinski definition) is 10. The lowest BCUT2D eigenvalue weighted by molar-refractivity contribution is -0.138. The maximum Gasteiger partial charge on any atom is 0.408 e. The smallest absolute Gasteiger partial charge is 0.408 e. The molecule has 3 aromatic rings. The van der Waals surface area contributed by atoms with Gasteiger partial charge in [-0.25, -0.2) is 19.6 Å². The quantitative estimate of drug-likeness (QED) is 0.224. The number of nitrogens with two attached hydrogens (primary N) is 1. The number of nitrogens with zero attached hydrogens (tertiary/aromatic N) is 2. The lowest BCUT2D eigenvalue weighted by Crippen LogP contribution is -2.43. The molecule has 0 spiro atoms. The normalized spacial score (nSPS) is 11.1. The van der Waals surface area contributed by atoms with Crippen LogP contribution in [0.3, 0.4) is 0 Å². The molecule has 4 N–H and O–H groups in total. The van der Waals surface area contributed by atoms with Crippen molar-refractivity contribution in [2.45, 2.75) is 26.1 Å². The molecule has 1 amide bonds. The summed E-state index contributed by atoms with van der Waals surface area (Å²) in [5, 5.41) is 5.24. The minimum absolute atomic E-state index is 0.0283. The Morgan fingerprint density at radius 2 is 1.74 bits per heavy atom. The zero-order valence-corrected chi connectivity index (χ0v) is 19.0. The van der Waals surface area contributed by atoms with Crippen LogP contribution in [-0.2, 0) is 20.9 Å². The maximum absolute atomic E-state index is 12.8. The van der Waals surface area contributed by atoms with Crippen molar-refractivity contribution in [2.24, 2.45) is 5.73 Å². The van der Waals surface area contributed by atoms with Crippen molar-refractivity contribution in [3.05, 3.63) is 78.1 Å². The summed E-state index contributed by atoms with van der Waals surface area (Å²) < 4.78 is 15.6. The van der Waals surface area contributed by atoms with Gasteiger partial charge in [0.05, 0.1) is 30.4 Å². The summed E-state index contributed by atoms with van der Waals surface area (Å²) >= 11 is 0. The van der Waals surface area contributed by atoms with Gasteiger partial charge in [-0.3, -0.25) is 4.79 Å². The van der Waals surface area contributed by atoms with Gasteiger partial charge in [-0.2, -0.15) is 0 Å². The predicted molar refractivity (Wildman–Crippen MR) is 126 cm³/mol. The summed E-state index contributed by atoms with van der Waals surface area (Å²) in [5.74, 6) is -1.30. The van der Waals surface area contributed by atoms with E-state index in [1.807, 2.05) is 18.2 Å². The van der Waals surface area contributed by atoms with Crippen LogP contribution in [0.5, 0.6) is 5.75 Å². The first-order valence-corrected chi connectivity index (χ1v) is 10.7. The lowest BCUT2D eigenvalue weighted by Gasteiger charge is -2.16. The summed E-state index contributed by atoms with van der Waals surface area (Å²) in [4.78, 5) is 45.1. The number of esters is 2. The van der Waals surface area contributed by atoms with E-state index in [2.05, 4.69) is 20.6 Å². The molecule has 0 saturated carbocycles. The highest BCUT2D eigenvalue weighted by atomic mass is 16.6. The average molecular weight is 479 g/mol. The van der Waals surface area contributed by atoms with Crippen molar-refractivity contribution in [3.8, 4) is 5.75 Å². The Morgan fingerprint density at radius 3 is 2.46 bits per heavy atom. The first-order chi connectivity index (χ1) is 17.0. The third-order valence-corrected chi connectivity index (χ3v) is 4.46. The van der Waals surface area contributed by atoms with E-state index in [1.165, 1.54) is 18.5 Å². The molecule has 0 aliphatic heterocycles. The Morgan fingerprint density at radius 1 is 1.00 bits per heavy atom. The van der Waals surface area contributed by atoms with Crippen LogP contribution in [-0.4, -0.2) is 40.8 Å². The molecule has 0 bridgehead atoms. The molecule has 3 rings (SSSR count). The van der Waals surface area contributed by atoms with Gasteiger partial charge in [0.1, 0.15) is 12.4 Å². The van der Waals surface area contributed by atoms with Gasteiger partial charge in [-0.05, 0) is 30.7 Å². The zero-order valence-electron chi connectivity index (χ0n) is 19.0. The molecular weight excluding hydrogens is 454 g/mol. The Kier molecular flexibility index (Phi) is 9.08. The topological polar surface area (TPSA) is 155 Å². The standard InChI is InChI=1S/C24H25N5O6/c1-2-33-18-11-6-10-17(21(18)29-23-26-12-7-13-27-23)22(31)35-20(30)14-19(25)28-24(32)34-15-16-8-4-3-5-9-16/h3-13,19H,2,14-15,25H2,1H3,(H,28,32)(H,26,27,29)/t19-/m0/s1. The van der Waals surface area contributed by atoms with E-state index < -0.39 is 30.6 Å². The molecule has 11 heteroatoms. The van der Waals surface area contributed by atoms with Crippen LogP contribution in [0.4, 0.5) is 16.4 Å². The molecule has 0 saturated heterocycles. The average Bonchev–Trinajstić information content (AvgIpc) is 2.85. The Balaban J connectivity index is 1.58. The van der Waals surface area contributed by atoms with E-state index in [1.54, 1.807) is 37.3 Å². The van der Waals surface area contributed by atoms with Crippen molar-refractivity contribution in [2.75, 3.05) is 11.9 Å². The second-order valence-corrected chi connectivity index (χ2v) is 7.09. The Bertz CT molecular complexity index is 1140. The summed E-state index contributed by atoms with van der Waals surface area (Å²) in [6, 6.07) is 15.4. The summed E-state index contributed by atoms with van der Waals surface area (Å²) in [6.45, 7) is 2.17. The number of ether oxygens (including phenoxy) is 3. The molecule has 0 fully saturated rings. The van der Waals surface area contributed by atoms with Crippen molar-refractivity contribution in [1.82, 2.24) is 15.3 Å². The van der Waals surface area contributed by atoms with Crippen LogP contribution in [0.2, 0.25) is 0 Å². The third-order valence-electron chi connectivity index (χ3n) is 4.46. The van der Waals surface area contributed by atoms with Gasteiger partial charge in [0, 0.05) is 12.4 Å². The number of carbonyl (C=O) groups is 3. The molecule has 1 aromatic heterocycles. The molecule has 2 aromatic carbocycles. The number of para-hydroxylation sites is 1. The molecule has 35 heavy (non-hydrogen) atoms. The van der Waals surface area contributed by atoms with Crippen LogP contribution < -0.4 is 21.1 Å². The van der Waals surface area contributed by atoms with Gasteiger partial charge in [-0.1, -0.05) is 36.4 Å². The minimum atomic E-state index is -1.12. The second-order valence-electron chi connectivity index (χ2n) is 7.09. The number of aromatic nitrogens is 2. The van der Waals surface area contributed by atoms with Crippen molar-refractivity contribution >= 4 is 29.7 Å². The number of alkyl carbamates (subject to hydrolysis) is 1. The summed E-state index contributed by atoms with van der Waals surface area (Å²) in [6.07, 6.45) is 0.670. The van der Waals surface area contributed by atoms with Crippen LogP contribution in [0.1, 0.15) is 29.3 Å². The summed E-state index contributed by atoms with van der Waals surface area (Å²) in [7, 11) is 0. The molecule has 0 aliphatic carbocycles. The third kappa shape index (κ3) is 7.79. The highest BCUT2D eigenvalue weighted by molar-refractivity contribution is 6.02. The fourth-order valence-electron chi connectivity index (χ4n) is 2.93. The molecular formula is C24H25N5O6. The number of rotatable bonds is 10. The molecule has 1 atom stereocenters. The Hall–Kier alpha value is -4.51. The van der Waals surface area contributed by atoms with Gasteiger partial charge in [0.25, 0.3) is 0 Å². The van der Waals surface area contributed by atoms with Crippen molar-refractivity contribution in [1.29, 1.82) is 0 Å². The largest absolute Gasteiger partial charge is 0.492 e. The first kappa shape index (κ1) is 25.1. The highest BCUT2D eigenvalue weighted by Crippen LogP contribution is 2.31. The van der Waals surface area contributed by atoms with E-state index in [0.717, 1.165) is 5.56 Å². The number of anilines is 2. The van der Waals surface area contributed by atoms with E-state index >= 15 is 0 Å². The van der Waals surface area contributed by atoms with Crippen LogP contribution in [0, 0.1) is 0 Å². The number of nitrogens with one attached hydrogen (secondary N) is 2. The van der Waals surface area contributed by atoms with E-state index in [9.17, 15) is 14.4 Å². The van der Waals surface area contributed by atoms with Gasteiger partial charge in [0.2, 0.25) is 5.95 Å². The monoisotopic (exact) mass is 479 g/mol. The van der Waals surface area contributed by atoms with Crippen molar-refractivity contribution < 1.29 is 28.6 Å². The number of amides is 1. The fraction of sp³-hybridized carbons (Fsp3) is 0.208. The number of hydrogen-bond donors (Lipinski definition) is 3. The van der Waals surface area contributed by atoms with Crippen LogP contribution >= 0.6 is 0 Å². The van der Waals surface area contributed by atoms with Gasteiger partial charge >= 0.3 is 18.0 Å². The molecule has 0 aliphatic rings. The fourth-order valence-corrected chi connectivity index (χ4v) is 2.93. The molecule has 0 radical (unpaired) electrons. The van der Waals surface area contributed by atoms with Crippen LogP contribution in [0.25, 0.3) is 0 Å². The van der Waals surface area contributed by atoms with E-state index in [-0.39, 0.29) is 23.8 Å². The van der Waals surface area contributed by atoms with E-state index in [4.69, 9.17) is 19.9 Å². The second kappa shape index (κ2) is 12.7. The minimum Gasteiger partial charge on any atom is -0.492 e. The predicted octanol–water partition coefficient (Wildman–Crippen LogP) is 2.90. The molecule has 1 heterocycles. The maximum atomic E-state index is 12.8. The molecule has 11 nitrogen and oxygen atoms in total. The van der Waals surface area contributed by atoms with Gasteiger partial charge in [-0.15, -0.1) is 0 Å². The Labute approximate surface area is 201 Å². The van der Waals surface area contributed by atoms with Crippen LogP contribution in [0.15, 0.2) is 67.0 Å². The lowest BCUT2D eigenvalue weighted by atomic mass is 10.1. The summed E-state index contributed by atoms with van der Waals surface area (Å²) in [5.41, 5.74) is 6.84. The zero-order chi connectivity index (χ0) is 25.0. The van der Waals surface area contributed by atoms with E-state index in [0.29, 0.717) is 12.4 Å².